The highest BCUT2D eigenvalue weighted by atomic mass is 16.5. The van der Waals surface area contributed by atoms with Crippen molar-refractivity contribution in [1.29, 1.82) is 0 Å². The molecular weight excluding hydrogens is 412 g/mol. The van der Waals surface area contributed by atoms with Crippen molar-refractivity contribution in [3.05, 3.63) is 90.0 Å². The molecule has 1 amide bonds. The van der Waals surface area contributed by atoms with Crippen molar-refractivity contribution in [1.82, 2.24) is 19.8 Å². The Bertz CT molecular complexity index is 962. The van der Waals surface area contributed by atoms with E-state index in [4.69, 9.17) is 4.74 Å². The molecule has 0 unspecified atom stereocenters. The third-order valence-electron chi connectivity index (χ3n) is 5.64. The summed E-state index contributed by atoms with van der Waals surface area (Å²) in [7, 11) is 0. The zero-order chi connectivity index (χ0) is 23.3. The molecule has 0 aliphatic carbocycles. The van der Waals surface area contributed by atoms with Crippen molar-refractivity contribution in [3.63, 3.8) is 0 Å². The van der Waals surface area contributed by atoms with Gasteiger partial charge in [-0.1, -0.05) is 18.2 Å². The molecule has 0 fully saturated rings. The molecule has 3 rings (SSSR count). The number of carbonyl (C=O) groups is 1. The van der Waals surface area contributed by atoms with E-state index in [1.54, 1.807) is 6.20 Å². The van der Waals surface area contributed by atoms with Crippen LogP contribution in [0.2, 0.25) is 0 Å². The average molecular weight is 447 g/mol. The summed E-state index contributed by atoms with van der Waals surface area (Å²) < 4.78 is 6.07. The van der Waals surface area contributed by atoms with E-state index in [2.05, 4.69) is 33.1 Å². The molecule has 0 radical (unpaired) electrons. The van der Waals surface area contributed by atoms with Gasteiger partial charge < -0.3 is 9.64 Å². The fourth-order valence-corrected chi connectivity index (χ4v) is 3.77. The number of para-hydroxylation sites is 1. The van der Waals surface area contributed by atoms with Crippen LogP contribution in [0.4, 0.5) is 0 Å². The second-order valence-electron chi connectivity index (χ2n) is 7.92. The number of aromatic nitrogens is 2. The van der Waals surface area contributed by atoms with E-state index in [9.17, 15) is 4.79 Å². The van der Waals surface area contributed by atoms with Crippen molar-refractivity contribution >= 4 is 5.91 Å². The molecule has 174 valence electrons. The van der Waals surface area contributed by atoms with Gasteiger partial charge in [-0.15, -0.1) is 0 Å². The zero-order valence-corrected chi connectivity index (χ0v) is 19.7. The molecule has 0 spiro atoms. The van der Waals surface area contributed by atoms with Crippen molar-refractivity contribution in [3.8, 4) is 5.75 Å². The first-order valence-electron chi connectivity index (χ1n) is 11.7. The summed E-state index contributed by atoms with van der Waals surface area (Å²) in [6.45, 7) is 8.61. The molecule has 6 nitrogen and oxygen atoms in total. The van der Waals surface area contributed by atoms with Gasteiger partial charge in [0.05, 0.1) is 12.2 Å². The summed E-state index contributed by atoms with van der Waals surface area (Å²) in [5.41, 5.74) is 3.11. The third kappa shape index (κ3) is 7.68. The Morgan fingerprint density at radius 1 is 0.879 bits per heavy atom. The quantitative estimate of drug-likeness (QED) is 0.363. The van der Waals surface area contributed by atoms with Gasteiger partial charge in [0.2, 0.25) is 0 Å². The van der Waals surface area contributed by atoms with E-state index in [0.717, 1.165) is 32.5 Å². The van der Waals surface area contributed by atoms with Crippen LogP contribution in [-0.2, 0) is 13.0 Å². The second-order valence-corrected chi connectivity index (χ2v) is 7.92. The summed E-state index contributed by atoms with van der Waals surface area (Å²) in [6, 6.07) is 15.7. The molecule has 0 aliphatic rings. The highest BCUT2D eigenvalue weighted by molar-refractivity contribution is 5.96. The van der Waals surface area contributed by atoms with E-state index in [-0.39, 0.29) is 5.91 Å². The van der Waals surface area contributed by atoms with Gasteiger partial charge in [0.15, 0.2) is 0 Å². The fraction of sp³-hybridized carbons (Fsp3) is 0.370. The van der Waals surface area contributed by atoms with Crippen LogP contribution in [0.3, 0.4) is 0 Å². The first-order valence-corrected chi connectivity index (χ1v) is 11.7. The Balaban J connectivity index is 1.57. The minimum Gasteiger partial charge on any atom is -0.493 e. The first-order chi connectivity index (χ1) is 16.2. The lowest BCUT2D eigenvalue weighted by atomic mass is 10.1. The minimum absolute atomic E-state index is 0.0198. The van der Waals surface area contributed by atoms with Crippen molar-refractivity contribution in [2.75, 3.05) is 32.8 Å². The number of hydrogen-bond donors (Lipinski definition) is 0. The van der Waals surface area contributed by atoms with Crippen LogP contribution >= 0.6 is 0 Å². The molecule has 2 aromatic heterocycles. The largest absolute Gasteiger partial charge is 0.493 e. The number of pyridine rings is 2. The van der Waals surface area contributed by atoms with Gasteiger partial charge in [-0.25, -0.2) is 0 Å². The smallest absolute Gasteiger partial charge is 0.257 e. The molecule has 6 heteroatoms. The zero-order valence-electron chi connectivity index (χ0n) is 19.7. The van der Waals surface area contributed by atoms with Crippen LogP contribution in [0.1, 0.15) is 41.8 Å². The molecule has 0 aliphatic heterocycles. The number of carbonyl (C=O) groups excluding carboxylic acids is 1. The second kappa shape index (κ2) is 13.3. The third-order valence-corrected chi connectivity index (χ3v) is 5.64. The molecule has 0 saturated carbocycles. The lowest BCUT2D eigenvalue weighted by Crippen LogP contribution is -2.31. The lowest BCUT2D eigenvalue weighted by Gasteiger charge is -2.23. The standard InChI is InChI=1S/C27H34N4O2/c1-3-31(4-2)27(32)25-10-5-6-11-26(25)33-20-8-18-30(22-24-12-16-28-17-13-24)19-14-23-9-7-15-29-21-23/h5-7,9-13,15-17,21H,3-4,8,14,18-20,22H2,1-2H3. The molecule has 0 atom stereocenters. The van der Waals surface area contributed by atoms with E-state index >= 15 is 0 Å². The van der Waals surface area contributed by atoms with Gasteiger partial charge in [0.25, 0.3) is 5.91 Å². The Hall–Kier alpha value is -3.25. The summed E-state index contributed by atoms with van der Waals surface area (Å²) in [4.78, 5) is 25.4. The maximum Gasteiger partial charge on any atom is 0.257 e. The monoisotopic (exact) mass is 446 g/mol. The molecule has 0 N–H and O–H groups in total. The van der Waals surface area contributed by atoms with E-state index in [1.165, 1.54) is 11.1 Å². The number of hydrogen-bond acceptors (Lipinski definition) is 5. The Kier molecular flexibility index (Phi) is 9.86. The molecule has 0 bridgehead atoms. The topological polar surface area (TPSA) is 58.6 Å². The van der Waals surface area contributed by atoms with Crippen LogP contribution < -0.4 is 4.74 Å². The maximum absolute atomic E-state index is 12.8. The van der Waals surface area contributed by atoms with Crippen molar-refractivity contribution in [2.45, 2.75) is 33.2 Å². The first kappa shape index (κ1) is 24.4. The highest BCUT2D eigenvalue weighted by Crippen LogP contribution is 2.20. The van der Waals surface area contributed by atoms with Gasteiger partial charge >= 0.3 is 0 Å². The highest BCUT2D eigenvalue weighted by Gasteiger charge is 2.17. The number of benzene rings is 1. The Labute approximate surface area is 197 Å². The number of rotatable bonds is 13. The van der Waals surface area contributed by atoms with Gasteiger partial charge in [-0.3, -0.25) is 19.7 Å². The van der Waals surface area contributed by atoms with Gasteiger partial charge in [0.1, 0.15) is 5.75 Å². The van der Waals surface area contributed by atoms with Crippen LogP contribution in [0.15, 0.2) is 73.3 Å². The van der Waals surface area contributed by atoms with Crippen molar-refractivity contribution in [2.24, 2.45) is 0 Å². The predicted octanol–water partition coefficient (Wildman–Crippen LogP) is 4.47. The van der Waals surface area contributed by atoms with E-state index in [0.29, 0.717) is 31.0 Å². The van der Waals surface area contributed by atoms with Crippen molar-refractivity contribution < 1.29 is 9.53 Å². The predicted molar refractivity (Wildman–Crippen MR) is 131 cm³/mol. The molecule has 2 heterocycles. The fourth-order valence-electron chi connectivity index (χ4n) is 3.77. The SMILES string of the molecule is CCN(CC)C(=O)c1ccccc1OCCCN(CCc1cccnc1)Cc1ccncc1. The summed E-state index contributed by atoms with van der Waals surface area (Å²) in [5.74, 6) is 0.678. The molecule has 1 aromatic carbocycles. The van der Waals surface area contributed by atoms with Gasteiger partial charge in [-0.05, 0) is 68.1 Å². The van der Waals surface area contributed by atoms with Gasteiger partial charge in [0, 0.05) is 57.5 Å². The van der Waals surface area contributed by atoms with E-state index in [1.807, 2.05) is 67.7 Å². The van der Waals surface area contributed by atoms with Crippen LogP contribution in [-0.4, -0.2) is 58.5 Å². The minimum atomic E-state index is 0.0198. The molecule has 0 saturated heterocycles. The number of amides is 1. The Morgan fingerprint density at radius 2 is 1.67 bits per heavy atom. The summed E-state index contributed by atoms with van der Waals surface area (Å²) in [5, 5.41) is 0. The van der Waals surface area contributed by atoms with E-state index < -0.39 is 0 Å². The number of nitrogens with zero attached hydrogens (tertiary/aromatic N) is 4. The summed E-state index contributed by atoms with van der Waals surface area (Å²) >= 11 is 0. The lowest BCUT2D eigenvalue weighted by molar-refractivity contribution is 0.0768. The van der Waals surface area contributed by atoms with Gasteiger partial charge in [-0.2, -0.15) is 0 Å². The molecular formula is C27H34N4O2. The molecule has 3 aromatic rings. The molecule has 33 heavy (non-hydrogen) atoms. The normalized spacial score (nSPS) is 10.9. The average Bonchev–Trinajstić information content (AvgIpc) is 2.87. The number of ether oxygens (including phenoxy) is 1. The summed E-state index contributed by atoms with van der Waals surface area (Å²) in [6.07, 6.45) is 9.21. The Morgan fingerprint density at radius 3 is 2.39 bits per heavy atom. The van der Waals surface area contributed by atoms with Crippen LogP contribution in [0.25, 0.3) is 0 Å². The van der Waals surface area contributed by atoms with Crippen LogP contribution in [0.5, 0.6) is 5.75 Å². The van der Waals surface area contributed by atoms with Crippen LogP contribution in [0, 0.1) is 0 Å². The maximum atomic E-state index is 12.8.